The van der Waals surface area contributed by atoms with E-state index in [0.29, 0.717) is 12.1 Å². The van der Waals surface area contributed by atoms with E-state index in [1.54, 1.807) is 0 Å². The molecule has 0 radical (unpaired) electrons. The van der Waals surface area contributed by atoms with Gasteiger partial charge in [0, 0.05) is 5.41 Å². The van der Waals surface area contributed by atoms with E-state index < -0.39 is 5.56 Å². The molecule has 1 N–H and O–H groups in total. The van der Waals surface area contributed by atoms with Crippen molar-refractivity contribution in [1.82, 2.24) is 9.97 Å². The fourth-order valence-corrected chi connectivity index (χ4v) is 1.13. The predicted octanol–water partition coefficient (Wildman–Crippen LogP) is 1.53. The van der Waals surface area contributed by atoms with Crippen LogP contribution in [0.2, 0.25) is 5.15 Å². The molecule has 0 aliphatic carbocycles. The molecule has 76 valence electrons. The molecule has 1 heterocycles. The van der Waals surface area contributed by atoms with E-state index in [1.165, 1.54) is 0 Å². The van der Waals surface area contributed by atoms with Gasteiger partial charge in [-0.1, -0.05) is 32.4 Å². The molecule has 5 heteroatoms. The van der Waals surface area contributed by atoms with E-state index in [4.69, 9.17) is 11.6 Å². The summed E-state index contributed by atoms with van der Waals surface area (Å²) in [4.78, 5) is 28.3. The highest BCUT2D eigenvalue weighted by Gasteiger charge is 2.19. The predicted molar refractivity (Wildman–Crippen MR) is 54.0 cm³/mol. The molecule has 0 aromatic carbocycles. The second-order valence-corrected chi connectivity index (χ2v) is 4.34. The van der Waals surface area contributed by atoms with Crippen molar-refractivity contribution in [3.63, 3.8) is 0 Å². The van der Waals surface area contributed by atoms with E-state index in [0.717, 1.165) is 0 Å². The minimum absolute atomic E-state index is 0.0475. The first kappa shape index (κ1) is 10.9. The Hall–Kier alpha value is -1.16. The number of nitrogens with one attached hydrogen (secondary N) is 1. The van der Waals surface area contributed by atoms with Gasteiger partial charge in [-0.15, -0.1) is 0 Å². The highest BCUT2D eigenvalue weighted by atomic mass is 35.5. The van der Waals surface area contributed by atoms with E-state index in [1.807, 2.05) is 20.8 Å². The summed E-state index contributed by atoms with van der Waals surface area (Å²) in [5.74, 6) is 0.470. The topological polar surface area (TPSA) is 62.8 Å². The van der Waals surface area contributed by atoms with Crippen LogP contribution in [0.3, 0.4) is 0 Å². The number of halogens is 1. The number of aldehydes is 1. The van der Waals surface area contributed by atoms with Crippen LogP contribution in [-0.2, 0) is 5.41 Å². The molecule has 1 aromatic heterocycles. The maximum Gasteiger partial charge on any atom is 0.263 e. The summed E-state index contributed by atoms with van der Waals surface area (Å²) in [5, 5.41) is -0.0475. The molecule has 0 fully saturated rings. The lowest BCUT2D eigenvalue weighted by Crippen LogP contribution is -2.24. The molecule has 0 bridgehead atoms. The van der Waals surface area contributed by atoms with Gasteiger partial charge in [-0.2, -0.15) is 0 Å². The largest absolute Gasteiger partial charge is 0.309 e. The van der Waals surface area contributed by atoms with E-state index in [2.05, 4.69) is 9.97 Å². The van der Waals surface area contributed by atoms with Gasteiger partial charge >= 0.3 is 0 Å². The van der Waals surface area contributed by atoms with Crippen molar-refractivity contribution >= 4 is 17.9 Å². The molecule has 14 heavy (non-hydrogen) atoms. The fraction of sp³-hybridized carbons (Fsp3) is 0.444. The van der Waals surface area contributed by atoms with Crippen molar-refractivity contribution in [3.05, 3.63) is 26.9 Å². The number of aromatic nitrogens is 2. The van der Waals surface area contributed by atoms with Crippen LogP contribution in [0, 0.1) is 0 Å². The summed E-state index contributed by atoms with van der Waals surface area (Å²) in [7, 11) is 0. The van der Waals surface area contributed by atoms with Crippen molar-refractivity contribution in [1.29, 1.82) is 0 Å². The normalized spacial score (nSPS) is 11.4. The zero-order valence-electron chi connectivity index (χ0n) is 8.22. The van der Waals surface area contributed by atoms with E-state index in [-0.39, 0.29) is 16.1 Å². The summed E-state index contributed by atoms with van der Waals surface area (Å²) in [6, 6.07) is 0. The van der Waals surface area contributed by atoms with Crippen molar-refractivity contribution in [2.24, 2.45) is 0 Å². The summed E-state index contributed by atoms with van der Waals surface area (Å²) in [5.41, 5.74) is -0.922. The second kappa shape index (κ2) is 3.53. The quantitative estimate of drug-likeness (QED) is 0.570. The van der Waals surface area contributed by atoms with Gasteiger partial charge in [0.15, 0.2) is 6.29 Å². The van der Waals surface area contributed by atoms with Gasteiger partial charge in [-0.25, -0.2) is 4.98 Å². The van der Waals surface area contributed by atoms with Crippen LogP contribution in [0.25, 0.3) is 0 Å². The molecule has 0 aliphatic heterocycles. The first-order valence-electron chi connectivity index (χ1n) is 4.11. The van der Waals surface area contributed by atoms with Crippen LogP contribution in [0.4, 0.5) is 0 Å². The first-order chi connectivity index (χ1) is 6.36. The van der Waals surface area contributed by atoms with Crippen LogP contribution in [0.1, 0.15) is 37.0 Å². The van der Waals surface area contributed by atoms with Gasteiger partial charge in [-0.3, -0.25) is 9.59 Å². The molecule has 0 atom stereocenters. The Kier molecular flexibility index (Phi) is 2.76. The lowest BCUT2D eigenvalue weighted by atomic mass is 9.96. The Balaban J connectivity index is 3.43. The fourth-order valence-electron chi connectivity index (χ4n) is 0.912. The Morgan fingerprint density at radius 3 is 2.36 bits per heavy atom. The van der Waals surface area contributed by atoms with Gasteiger partial charge in [0.05, 0.1) is 0 Å². The lowest BCUT2D eigenvalue weighted by molar-refractivity contribution is 0.112. The second-order valence-electron chi connectivity index (χ2n) is 3.99. The zero-order chi connectivity index (χ0) is 10.9. The van der Waals surface area contributed by atoms with Gasteiger partial charge in [0.2, 0.25) is 0 Å². The minimum Gasteiger partial charge on any atom is -0.309 e. The third-order valence-corrected chi connectivity index (χ3v) is 2.03. The number of aromatic amines is 1. The number of carbonyl (C=O) groups is 1. The molecule has 1 aromatic rings. The molecular weight excluding hydrogens is 204 g/mol. The summed E-state index contributed by atoms with van der Waals surface area (Å²) in [6.45, 7) is 5.67. The van der Waals surface area contributed by atoms with Gasteiger partial charge in [0.25, 0.3) is 5.56 Å². The Bertz CT molecular complexity index is 418. The van der Waals surface area contributed by atoms with Crippen LogP contribution < -0.4 is 5.56 Å². The van der Waals surface area contributed by atoms with E-state index >= 15 is 0 Å². The maximum absolute atomic E-state index is 11.3. The smallest absolute Gasteiger partial charge is 0.263 e. The van der Waals surface area contributed by atoms with Gasteiger partial charge in [-0.05, 0) is 0 Å². The van der Waals surface area contributed by atoms with Crippen LogP contribution in [0.15, 0.2) is 4.79 Å². The Morgan fingerprint density at radius 2 is 2.00 bits per heavy atom. The Labute approximate surface area is 86.3 Å². The van der Waals surface area contributed by atoms with Crippen LogP contribution in [0.5, 0.6) is 0 Å². The van der Waals surface area contributed by atoms with Crippen molar-refractivity contribution < 1.29 is 4.79 Å². The lowest BCUT2D eigenvalue weighted by Gasteiger charge is -2.16. The highest BCUT2D eigenvalue weighted by molar-refractivity contribution is 6.31. The molecule has 0 spiro atoms. The monoisotopic (exact) mass is 214 g/mol. The highest BCUT2D eigenvalue weighted by Crippen LogP contribution is 2.18. The number of nitrogens with zero attached hydrogens (tertiary/aromatic N) is 1. The SMILES string of the molecule is CC(C)(C)c1nc(Cl)c(C=O)c(=O)[nH]1. The molecule has 0 aliphatic rings. The average Bonchev–Trinajstić information content (AvgIpc) is 2.01. The first-order valence-corrected chi connectivity index (χ1v) is 4.49. The number of hydrogen-bond acceptors (Lipinski definition) is 3. The summed E-state index contributed by atoms with van der Waals surface area (Å²) < 4.78 is 0. The van der Waals surface area contributed by atoms with Crippen molar-refractivity contribution in [2.45, 2.75) is 26.2 Å². The van der Waals surface area contributed by atoms with E-state index in [9.17, 15) is 9.59 Å². The molecule has 0 saturated carbocycles. The Morgan fingerprint density at radius 1 is 1.43 bits per heavy atom. The number of carbonyl (C=O) groups excluding carboxylic acids is 1. The van der Waals surface area contributed by atoms with Crippen LogP contribution in [-0.4, -0.2) is 16.3 Å². The average molecular weight is 215 g/mol. The molecule has 1 rings (SSSR count). The number of hydrogen-bond donors (Lipinski definition) is 1. The summed E-state index contributed by atoms with van der Waals surface area (Å²) >= 11 is 5.68. The third-order valence-electron chi connectivity index (χ3n) is 1.74. The number of rotatable bonds is 1. The summed E-state index contributed by atoms with van der Waals surface area (Å²) in [6.07, 6.45) is 0.403. The van der Waals surface area contributed by atoms with Crippen molar-refractivity contribution in [3.8, 4) is 0 Å². The molecule has 0 unspecified atom stereocenters. The third kappa shape index (κ3) is 2.01. The molecule has 0 amide bonds. The molecular formula is C9H11ClN2O2. The van der Waals surface area contributed by atoms with Crippen molar-refractivity contribution in [2.75, 3.05) is 0 Å². The zero-order valence-corrected chi connectivity index (χ0v) is 8.97. The molecule has 4 nitrogen and oxygen atoms in total. The van der Waals surface area contributed by atoms with Gasteiger partial charge < -0.3 is 4.98 Å². The van der Waals surface area contributed by atoms with Crippen LogP contribution >= 0.6 is 11.6 Å². The number of H-pyrrole nitrogens is 1. The molecule has 0 saturated heterocycles. The maximum atomic E-state index is 11.3. The standard InChI is InChI=1S/C9H11ClN2O2/c1-9(2,3)8-11-6(10)5(4-13)7(14)12-8/h4H,1-3H3,(H,11,12,14). The minimum atomic E-state index is -0.495. The van der Waals surface area contributed by atoms with Gasteiger partial charge in [0.1, 0.15) is 16.5 Å².